The Kier molecular flexibility index (Phi) is 5.40. The maximum Gasteiger partial charge on any atom is 0.220 e. The molecule has 0 heterocycles. The Labute approximate surface area is 99.2 Å². The third-order valence-corrected chi connectivity index (χ3v) is 3.09. The molecule has 1 unspecified atom stereocenters. The van der Waals surface area contributed by atoms with Crippen LogP contribution in [-0.4, -0.2) is 17.3 Å². The number of hydrogen-bond donors (Lipinski definition) is 1. The van der Waals surface area contributed by atoms with Gasteiger partial charge in [0.15, 0.2) is 0 Å². The fraction of sp³-hybridized carbons (Fsp3) is 0.417. The lowest BCUT2D eigenvalue weighted by molar-refractivity contribution is -0.121. The maximum atomic E-state index is 11.5. The van der Waals surface area contributed by atoms with Crippen LogP contribution in [0.25, 0.3) is 0 Å². The SMILES string of the molecule is CC(CBr)NC(=O)CCc1ccccc1. The van der Waals surface area contributed by atoms with Gasteiger partial charge in [-0.2, -0.15) is 0 Å². The van der Waals surface area contributed by atoms with Crippen molar-refractivity contribution >= 4 is 21.8 Å². The fourth-order valence-corrected chi connectivity index (χ4v) is 1.45. The third kappa shape index (κ3) is 4.98. The Hall–Kier alpha value is -0.830. The van der Waals surface area contributed by atoms with E-state index in [1.807, 2.05) is 37.3 Å². The van der Waals surface area contributed by atoms with E-state index in [0.717, 1.165) is 11.8 Å². The molecular weight excluding hydrogens is 254 g/mol. The summed E-state index contributed by atoms with van der Waals surface area (Å²) in [5.41, 5.74) is 1.21. The number of rotatable bonds is 5. The molecule has 2 nitrogen and oxygen atoms in total. The van der Waals surface area contributed by atoms with Crippen LogP contribution in [0.1, 0.15) is 18.9 Å². The number of alkyl halides is 1. The number of halogens is 1. The lowest BCUT2D eigenvalue weighted by Gasteiger charge is -2.10. The van der Waals surface area contributed by atoms with Crippen LogP contribution < -0.4 is 5.32 Å². The predicted octanol–water partition coefficient (Wildman–Crippen LogP) is 2.52. The second-order valence-electron chi connectivity index (χ2n) is 3.61. The Morgan fingerprint density at radius 1 is 1.40 bits per heavy atom. The normalized spacial score (nSPS) is 12.1. The number of aryl methyl sites for hydroxylation is 1. The van der Waals surface area contributed by atoms with Gasteiger partial charge in [-0.15, -0.1) is 0 Å². The van der Waals surface area contributed by atoms with E-state index in [-0.39, 0.29) is 11.9 Å². The van der Waals surface area contributed by atoms with Crippen molar-refractivity contribution in [3.63, 3.8) is 0 Å². The lowest BCUT2D eigenvalue weighted by Crippen LogP contribution is -2.33. The van der Waals surface area contributed by atoms with Gasteiger partial charge in [-0.25, -0.2) is 0 Å². The van der Waals surface area contributed by atoms with Gasteiger partial charge in [0.1, 0.15) is 0 Å². The summed E-state index contributed by atoms with van der Waals surface area (Å²) in [6.07, 6.45) is 1.36. The molecule has 1 aromatic rings. The second kappa shape index (κ2) is 6.62. The van der Waals surface area contributed by atoms with Crippen molar-refractivity contribution < 1.29 is 4.79 Å². The first-order valence-corrected chi connectivity index (χ1v) is 6.23. The van der Waals surface area contributed by atoms with Gasteiger partial charge < -0.3 is 5.32 Å². The van der Waals surface area contributed by atoms with Crippen LogP contribution in [0.5, 0.6) is 0 Å². The molecule has 1 aromatic carbocycles. The molecule has 82 valence electrons. The second-order valence-corrected chi connectivity index (χ2v) is 4.26. The highest BCUT2D eigenvalue weighted by Crippen LogP contribution is 2.02. The van der Waals surface area contributed by atoms with E-state index >= 15 is 0 Å². The van der Waals surface area contributed by atoms with Crippen molar-refractivity contribution in [2.24, 2.45) is 0 Å². The van der Waals surface area contributed by atoms with E-state index in [0.29, 0.717) is 6.42 Å². The fourth-order valence-electron chi connectivity index (χ4n) is 1.29. The summed E-state index contributed by atoms with van der Waals surface area (Å²) in [4.78, 5) is 11.5. The summed E-state index contributed by atoms with van der Waals surface area (Å²) < 4.78 is 0. The molecule has 1 amide bonds. The molecular formula is C12H16BrNO. The highest BCUT2D eigenvalue weighted by molar-refractivity contribution is 9.09. The number of benzene rings is 1. The highest BCUT2D eigenvalue weighted by atomic mass is 79.9. The smallest absolute Gasteiger partial charge is 0.220 e. The Morgan fingerprint density at radius 3 is 2.67 bits per heavy atom. The van der Waals surface area contributed by atoms with Crippen molar-refractivity contribution in [3.05, 3.63) is 35.9 Å². The van der Waals surface area contributed by atoms with E-state index in [2.05, 4.69) is 21.2 Å². The molecule has 0 aliphatic heterocycles. The minimum atomic E-state index is 0.116. The van der Waals surface area contributed by atoms with Crippen molar-refractivity contribution in [2.45, 2.75) is 25.8 Å². The zero-order valence-electron chi connectivity index (χ0n) is 8.87. The molecule has 0 aliphatic rings. The molecule has 15 heavy (non-hydrogen) atoms. The van der Waals surface area contributed by atoms with Crippen LogP contribution in [0.2, 0.25) is 0 Å². The summed E-state index contributed by atoms with van der Waals surface area (Å²) in [6.45, 7) is 1.98. The molecule has 1 N–H and O–H groups in total. The number of nitrogens with one attached hydrogen (secondary N) is 1. The number of carbonyl (C=O) groups is 1. The number of amides is 1. The van der Waals surface area contributed by atoms with Crippen molar-refractivity contribution in [1.29, 1.82) is 0 Å². The topological polar surface area (TPSA) is 29.1 Å². The van der Waals surface area contributed by atoms with Gasteiger partial charge in [0.25, 0.3) is 0 Å². The minimum Gasteiger partial charge on any atom is -0.353 e. The van der Waals surface area contributed by atoms with Crippen LogP contribution in [0.4, 0.5) is 0 Å². The summed E-state index contributed by atoms with van der Waals surface area (Å²) in [5.74, 6) is 0.116. The molecule has 1 rings (SSSR count). The molecule has 0 spiro atoms. The molecule has 0 saturated carbocycles. The van der Waals surface area contributed by atoms with E-state index in [4.69, 9.17) is 0 Å². The summed E-state index contributed by atoms with van der Waals surface area (Å²) in [6, 6.07) is 10.3. The average Bonchev–Trinajstić information content (AvgIpc) is 2.27. The van der Waals surface area contributed by atoms with Gasteiger partial charge >= 0.3 is 0 Å². The van der Waals surface area contributed by atoms with E-state index < -0.39 is 0 Å². The summed E-state index contributed by atoms with van der Waals surface area (Å²) >= 11 is 3.32. The number of hydrogen-bond acceptors (Lipinski definition) is 1. The molecule has 0 bridgehead atoms. The van der Waals surface area contributed by atoms with Crippen molar-refractivity contribution in [3.8, 4) is 0 Å². The summed E-state index contributed by atoms with van der Waals surface area (Å²) in [7, 11) is 0. The summed E-state index contributed by atoms with van der Waals surface area (Å²) in [5, 5.41) is 3.71. The predicted molar refractivity (Wildman–Crippen MR) is 66.2 cm³/mol. The molecule has 0 radical (unpaired) electrons. The van der Waals surface area contributed by atoms with Gasteiger partial charge in [0.05, 0.1) is 0 Å². The Balaban J connectivity index is 2.29. The zero-order valence-corrected chi connectivity index (χ0v) is 10.5. The van der Waals surface area contributed by atoms with Gasteiger partial charge in [-0.1, -0.05) is 46.3 Å². The number of carbonyl (C=O) groups excluding carboxylic acids is 1. The van der Waals surface area contributed by atoms with Gasteiger partial charge in [-0.05, 0) is 18.9 Å². The molecule has 3 heteroatoms. The van der Waals surface area contributed by atoms with Crippen molar-refractivity contribution in [2.75, 3.05) is 5.33 Å². The van der Waals surface area contributed by atoms with Crippen LogP contribution >= 0.6 is 15.9 Å². The van der Waals surface area contributed by atoms with Crippen LogP contribution in [0.3, 0.4) is 0 Å². The molecule has 0 fully saturated rings. The average molecular weight is 270 g/mol. The first kappa shape index (κ1) is 12.2. The minimum absolute atomic E-state index is 0.116. The van der Waals surface area contributed by atoms with E-state index in [9.17, 15) is 4.79 Å². The van der Waals surface area contributed by atoms with E-state index in [1.165, 1.54) is 5.56 Å². The van der Waals surface area contributed by atoms with Crippen LogP contribution in [-0.2, 0) is 11.2 Å². The highest BCUT2D eigenvalue weighted by Gasteiger charge is 2.05. The first-order chi connectivity index (χ1) is 7.22. The maximum absolute atomic E-state index is 11.5. The van der Waals surface area contributed by atoms with Gasteiger partial charge in [0, 0.05) is 17.8 Å². The molecule has 0 saturated heterocycles. The van der Waals surface area contributed by atoms with Crippen LogP contribution in [0.15, 0.2) is 30.3 Å². The lowest BCUT2D eigenvalue weighted by atomic mass is 10.1. The third-order valence-electron chi connectivity index (χ3n) is 2.12. The molecule has 1 atom stereocenters. The van der Waals surface area contributed by atoms with Gasteiger partial charge in [0.2, 0.25) is 5.91 Å². The van der Waals surface area contributed by atoms with E-state index in [1.54, 1.807) is 0 Å². The van der Waals surface area contributed by atoms with Gasteiger partial charge in [-0.3, -0.25) is 4.79 Å². The monoisotopic (exact) mass is 269 g/mol. The largest absolute Gasteiger partial charge is 0.353 e. The van der Waals surface area contributed by atoms with Crippen molar-refractivity contribution in [1.82, 2.24) is 5.32 Å². The molecule has 0 aliphatic carbocycles. The zero-order chi connectivity index (χ0) is 11.1. The standard InChI is InChI=1S/C12H16BrNO/c1-10(9-13)14-12(15)8-7-11-5-3-2-4-6-11/h2-6,10H,7-9H2,1H3,(H,14,15). The van der Waals surface area contributed by atoms with Crippen LogP contribution in [0, 0.1) is 0 Å². The first-order valence-electron chi connectivity index (χ1n) is 5.11. The Bertz CT molecular complexity index is 300. The Morgan fingerprint density at radius 2 is 2.07 bits per heavy atom. The molecule has 0 aromatic heterocycles. The quantitative estimate of drug-likeness (QED) is 0.818.